The first-order chi connectivity index (χ1) is 15.2. The number of hydrogen-bond acceptors (Lipinski definition) is 4. The molecule has 3 rings (SSSR count). The second-order valence-corrected chi connectivity index (χ2v) is 8.34. The Hall–Kier alpha value is -3.68. The third-order valence-corrected chi connectivity index (χ3v) is 5.19. The van der Waals surface area contributed by atoms with E-state index in [0.29, 0.717) is 30.8 Å². The molecule has 1 aliphatic heterocycles. The normalized spacial score (nSPS) is 13.3. The molecule has 0 spiro atoms. The fourth-order valence-corrected chi connectivity index (χ4v) is 3.69. The Labute approximate surface area is 187 Å². The van der Waals surface area contributed by atoms with Gasteiger partial charge in [-0.05, 0) is 48.2 Å². The first-order valence-electron chi connectivity index (χ1n) is 10.7. The van der Waals surface area contributed by atoms with E-state index < -0.39 is 11.8 Å². The fourth-order valence-electron chi connectivity index (χ4n) is 3.69. The van der Waals surface area contributed by atoms with Gasteiger partial charge in [-0.2, -0.15) is 0 Å². The summed E-state index contributed by atoms with van der Waals surface area (Å²) < 4.78 is 0. The van der Waals surface area contributed by atoms with Crippen molar-refractivity contribution < 1.29 is 14.4 Å². The zero-order valence-corrected chi connectivity index (χ0v) is 18.4. The van der Waals surface area contributed by atoms with Crippen LogP contribution >= 0.6 is 0 Å². The van der Waals surface area contributed by atoms with E-state index in [4.69, 9.17) is 11.1 Å². The second-order valence-electron chi connectivity index (χ2n) is 8.34. The molecule has 1 saturated heterocycles. The van der Waals surface area contributed by atoms with Crippen LogP contribution in [0, 0.1) is 11.3 Å². The molecule has 8 nitrogen and oxygen atoms in total. The summed E-state index contributed by atoms with van der Waals surface area (Å²) in [5, 5.41) is 10.2. The molecule has 0 saturated carbocycles. The zero-order chi connectivity index (χ0) is 23.3. The Morgan fingerprint density at radius 2 is 1.91 bits per heavy atom. The number of hydrogen-bond donors (Lipinski definition) is 3. The Morgan fingerprint density at radius 1 is 1.19 bits per heavy atom. The van der Waals surface area contributed by atoms with Gasteiger partial charge in [-0.15, -0.1) is 0 Å². The molecule has 0 aliphatic carbocycles. The molecule has 0 radical (unpaired) electrons. The molecule has 0 aromatic heterocycles. The van der Waals surface area contributed by atoms with Crippen LogP contribution in [0.2, 0.25) is 0 Å². The van der Waals surface area contributed by atoms with Crippen LogP contribution in [0.25, 0.3) is 0 Å². The number of amidine groups is 1. The lowest BCUT2D eigenvalue weighted by atomic mass is 10.1. The average Bonchev–Trinajstić information content (AvgIpc) is 3.19. The molecule has 1 heterocycles. The van der Waals surface area contributed by atoms with Crippen LogP contribution in [-0.4, -0.2) is 41.5 Å². The highest BCUT2D eigenvalue weighted by Gasteiger charge is 2.24. The van der Waals surface area contributed by atoms with Gasteiger partial charge in [0.15, 0.2) is 0 Å². The van der Waals surface area contributed by atoms with Crippen molar-refractivity contribution in [2.75, 3.05) is 23.3 Å². The standard InChI is InChI=1S/C24H29N5O3/c1-16(2)14-28(15-17-5-3-6-18(13-17)22(25)26)24(32)23(31)27-19-8-10-20(11-9-19)29-12-4-7-21(29)30/h3,5-6,8-11,13,16H,4,7,12,14-15H2,1-2H3,(H3,25,26)(H,27,31). The molecule has 32 heavy (non-hydrogen) atoms. The monoisotopic (exact) mass is 435 g/mol. The van der Waals surface area contributed by atoms with E-state index in [1.54, 1.807) is 47.4 Å². The molecule has 0 atom stereocenters. The molecular formula is C24H29N5O3. The van der Waals surface area contributed by atoms with E-state index in [0.717, 1.165) is 17.7 Å². The van der Waals surface area contributed by atoms with Gasteiger partial charge < -0.3 is 20.9 Å². The van der Waals surface area contributed by atoms with Gasteiger partial charge in [0.1, 0.15) is 5.84 Å². The molecule has 2 aromatic carbocycles. The fraction of sp³-hybridized carbons (Fsp3) is 0.333. The van der Waals surface area contributed by atoms with Crippen LogP contribution in [0.15, 0.2) is 48.5 Å². The van der Waals surface area contributed by atoms with Crippen LogP contribution < -0.4 is 16.0 Å². The van der Waals surface area contributed by atoms with Crippen molar-refractivity contribution in [1.82, 2.24) is 4.90 Å². The Morgan fingerprint density at radius 3 is 2.50 bits per heavy atom. The van der Waals surface area contributed by atoms with Crippen molar-refractivity contribution in [3.05, 3.63) is 59.7 Å². The average molecular weight is 436 g/mol. The van der Waals surface area contributed by atoms with Gasteiger partial charge in [0.25, 0.3) is 0 Å². The van der Waals surface area contributed by atoms with E-state index in [1.807, 2.05) is 19.9 Å². The van der Waals surface area contributed by atoms with E-state index in [1.165, 1.54) is 4.90 Å². The SMILES string of the molecule is CC(C)CN(Cc1cccc(C(=N)N)c1)C(=O)C(=O)Nc1ccc(N2CCCC2=O)cc1. The summed E-state index contributed by atoms with van der Waals surface area (Å²) in [4.78, 5) is 40.7. The van der Waals surface area contributed by atoms with Crippen molar-refractivity contribution in [2.45, 2.75) is 33.2 Å². The minimum absolute atomic E-state index is 0.0505. The molecule has 2 aromatic rings. The number of nitrogens with two attached hydrogens (primary N) is 1. The summed E-state index contributed by atoms with van der Waals surface area (Å²) in [6.07, 6.45) is 1.39. The lowest BCUT2D eigenvalue weighted by Gasteiger charge is -2.24. The van der Waals surface area contributed by atoms with E-state index >= 15 is 0 Å². The largest absolute Gasteiger partial charge is 0.384 e. The highest BCUT2D eigenvalue weighted by Crippen LogP contribution is 2.23. The summed E-state index contributed by atoms with van der Waals surface area (Å²) >= 11 is 0. The molecule has 1 aliphatic rings. The molecule has 3 amide bonds. The predicted molar refractivity (Wildman–Crippen MR) is 124 cm³/mol. The maximum Gasteiger partial charge on any atom is 0.313 e. The van der Waals surface area contributed by atoms with Gasteiger partial charge >= 0.3 is 11.8 Å². The Kier molecular flexibility index (Phi) is 7.25. The number of benzene rings is 2. The van der Waals surface area contributed by atoms with Gasteiger partial charge in [-0.3, -0.25) is 19.8 Å². The summed E-state index contributed by atoms with van der Waals surface area (Å²) in [6.45, 7) is 5.29. The topological polar surface area (TPSA) is 120 Å². The number of nitrogens with zero attached hydrogens (tertiary/aromatic N) is 2. The molecule has 8 heteroatoms. The maximum absolute atomic E-state index is 12.9. The minimum atomic E-state index is -0.724. The summed E-state index contributed by atoms with van der Waals surface area (Å²) in [5.74, 6) is -1.15. The second kappa shape index (κ2) is 10.1. The van der Waals surface area contributed by atoms with Crippen molar-refractivity contribution in [3.8, 4) is 0 Å². The number of anilines is 2. The maximum atomic E-state index is 12.9. The van der Waals surface area contributed by atoms with Crippen molar-refractivity contribution in [2.24, 2.45) is 11.7 Å². The molecular weight excluding hydrogens is 406 g/mol. The van der Waals surface area contributed by atoms with Gasteiger partial charge in [0.2, 0.25) is 5.91 Å². The first-order valence-corrected chi connectivity index (χ1v) is 10.7. The van der Waals surface area contributed by atoms with Crippen molar-refractivity contribution in [3.63, 3.8) is 0 Å². The van der Waals surface area contributed by atoms with Crippen molar-refractivity contribution in [1.29, 1.82) is 5.41 Å². The minimum Gasteiger partial charge on any atom is -0.384 e. The zero-order valence-electron chi connectivity index (χ0n) is 18.4. The summed E-state index contributed by atoms with van der Waals surface area (Å²) in [5.41, 5.74) is 8.19. The highest BCUT2D eigenvalue weighted by molar-refractivity contribution is 6.39. The van der Waals surface area contributed by atoms with E-state index in [9.17, 15) is 14.4 Å². The van der Waals surface area contributed by atoms with Crippen LogP contribution in [-0.2, 0) is 20.9 Å². The highest BCUT2D eigenvalue weighted by atomic mass is 16.2. The number of nitrogens with one attached hydrogen (secondary N) is 2. The molecule has 0 unspecified atom stereocenters. The Balaban J connectivity index is 1.69. The van der Waals surface area contributed by atoms with Gasteiger partial charge in [0, 0.05) is 43.0 Å². The van der Waals surface area contributed by atoms with Gasteiger partial charge in [-0.1, -0.05) is 32.0 Å². The smallest absolute Gasteiger partial charge is 0.313 e. The molecule has 1 fully saturated rings. The Bertz CT molecular complexity index is 1020. The third-order valence-electron chi connectivity index (χ3n) is 5.19. The van der Waals surface area contributed by atoms with E-state index in [-0.39, 0.29) is 24.2 Å². The van der Waals surface area contributed by atoms with Crippen LogP contribution in [0.1, 0.15) is 37.8 Å². The lowest BCUT2D eigenvalue weighted by Crippen LogP contribution is -2.41. The van der Waals surface area contributed by atoms with Crippen LogP contribution in [0.4, 0.5) is 11.4 Å². The van der Waals surface area contributed by atoms with Gasteiger partial charge in [-0.25, -0.2) is 0 Å². The van der Waals surface area contributed by atoms with Crippen LogP contribution in [0.5, 0.6) is 0 Å². The number of rotatable bonds is 7. The summed E-state index contributed by atoms with van der Waals surface area (Å²) in [7, 11) is 0. The lowest BCUT2D eigenvalue weighted by molar-refractivity contribution is -0.143. The molecule has 168 valence electrons. The number of nitrogen functional groups attached to an aromatic ring is 1. The van der Waals surface area contributed by atoms with Crippen LogP contribution in [0.3, 0.4) is 0 Å². The first kappa shape index (κ1) is 23.0. The molecule has 4 N–H and O–H groups in total. The van der Waals surface area contributed by atoms with E-state index in [2.05, 4.69) is 5.32 Å². The molecule has 0 bridgehead atoms. The quantitative estimate of drug-likeness (QED) is 0.352. The number of amides is 3. The number of carbonyl (C=O) groups excluding carboxylic acids is 3. The predicted octanol–water partition coefficient (Wildman–Crippen LogP) is 2.72. The summed E-state index contributed by atoms with van der Waals surface area (Å²) in [6, 6.07) is 14.0. The third kappa shape index (κ3) is 5.72. The van der Waals surface area contributed by atoms with Gasteiger partial charge in [0.05, 0.1) is 0 Å². The van der Waals surface area contributed by atoms with Crippen molar-refractivity contribution >= 4 is 34.9 Å². The number of carbonyl (C=O) groups is 3.